The summed E-state index contributed by atoms with van der Waals surface area (Å²) in [5, 5.41) is 43.5. The summed E-state index contributed by atoms with van der Waals surface area (Å²) in [5.41, 5.74) is 2.32. The quantitative estimate of drug-likeness (QED) is 0.0686. The minimum absolute atomic E-state index is 0.00967. The lowest BCUT2D eigenvalue weighted by Crippen LogP contribution is -2.23. The predicted molar refractivity (Wildman–Crippen MR) is 166 cm³/mol. The van der Waals surface area contributed by atoms with E-state index in [0.29, 0.717) is 35.4 Å². The molecular weight excluding hydrogens is 566 g/mol. The topological polar surface area (TPSA) is 187 Å². The second-order valence-electron chi connectivity index (χ2n) is 10.3. The van der Waals surface area contributed by atoms with E-state index in [1.54, 1.807) is 19.1 Å². The minimum atomic E-state index is -0.606. The van der Waals surface area contributed by atoms with E-state index < -0.39 is 5.97 Å². The van der Waals surface area contributed by atoms with Crippen LogP contribution in [0, 0.1) is 5.92 Å². The molecule has 1 amide bonds. The standard InChI is InChI=1S/C32H33N5O7/c1-4-33-30(41)9-10-31(42)44-22-6-8-29(40)20(13-22)17-35-23-14-25-26(37-32(43)27(36-25)11-18(2)3)15-24(23)34-16-19-12-21(38)5-7-28(19)39/h5-8,12-18,38-40H,4,9-11H2,1-3H3,(H,33,41)(H,37,43)/b34-16+,35-17+. The van der Waals surface area contributed by atoms with E-state index in [4.69, 9.17) is 4.74 Å². The lowest BCUT2D eigenvalue weighted by Gasteiger charge is -2.09. The first kappa shape index (κ1) is 31.4. The van der Waals surface area contributed by atoms with Crippen molar-refractivity contribution in [1.82, 2.24) is 15.3 Å². The number of nitrogens with one attached hydrogen (secondary N) is 1. The second kappa shape index (κ2) is 14.1. The number of aliphatic imine (C=N–C) groups is 2. The number of hydrogen-bond donors (Lipinski definition) is 5. The van der Waals surface area contributed by atoms with E-state index in [2.05, 4.69) is 25.3 Å². The van der Waals surface area contributed by atoms with Gasteiger partial charge in [0.25, 0.3) is 0 Å². The van der Waals surface area contributed by atoms with Crippen molar-refractivity contribution in [3.05, 3.63) is 65.4 Å². The van der Waals surface area contributed by atoms with Crippen LogP contribution < -0.4 is 10.1 Å². The van der Waals surface area contributed by atoms with Gasteiger partial charge >= 0.3 is 5.97 Å². The SMILES string of the molecule is CCNC(=O)CCC(=O)Oc1ccc(O)c(/C=N/c2cc3nc(CC(C)C)c(O)nc3cc2/N=C/c2cc(O)ccc2O)c1. The van der Waals surface area contributed by atoms with Gasteiger partial charge in [0, 0.05) is 36.5 Å². The van der Waals surface area contributed by atoms with Crippen molar-refractivity contribution >= 4 is 46.7 Å². The summed E-state index contributed by atoms with van der Waals surface area (Å²) in [6.45, 7) is 6.24. The molecule has 0 aliphatic carbocycles. The summed E-state index contributed by atoms with van der Waals surface area (Å²) in [5.74, 6) is -0.967. The molecule has 0 aliphatic heterocycles. The third kappa shape index (κ3) is 8.28. The number of phenols is 3. The average Bonchev–Trinajstić information content (AvgIpc) is 2.97. The Kier molecular flexibility index (Phi) is 10.1. The van der Waals surface area contributed by atoms with Crippen molar-refractivity contribution in [2.24, 2.45) is 15.9 Å². The molecule has 0 radical (unpaired) electrons. The second-order valence-corrected chi connectivity index (χ2v) is 10.3. The van der Waals surface area contributed by atoms with Crippen LogP contribution in [0.3, 0.4) is 0 Å². The molecule has 4 rings (SSSR count). The van der Waals surface area contributed by atoms with E-state index in [0.717, 1.165) is 0 Å². The summed E-state index contributed by atoms with van der Waals surface area (Å²) in [6.07, 6.45) is 3.08. The maximum absolute atomic E-state index is 12.2. The van der Waals surface area contributed by atoms with Gasteiger partial charge < -0.3 is 30.5 Å². The molecule has 5 N–H and O–H groups in total. The molecule has 0 atom stereocenters. The molecule has 0 fully saturated rings. The summed E-state index contributed by atoms with van der Waals surface area (Å²) in [7, 11) is 0. The van der Waals surface area contributed by atoms with Crippen molar-refractivity contribution in [3.8, 4) is 28.9 Å². The third-order valence-corrected chi connectivity index (χ3v) is 6.27. The molecule has 1 aromatic heterocycles. The van der Waals surface area contributed by atoms with Crippen LogP contribution >= 0.6 is 0 Å². The van der Waals surface area contributed by atoms with Crippen molar-refractivity contribution in [1.29, 1.82) is 0 Å². The van der Waals surface area contributed by atoms with E-state index in [9.17, 15) is 30.0 Å². The maximum Gasteiger partial charge on any atom is 0.311 e. The van der Waals surface area contributed by atoms with Crippen molar-refractivity contribution < 1.29 is 34.8 Å². The number of amides is 1. The van der Waals surface area contributed by atoms with Crippen LogP contribution in [-0.2, 0) is 16.0 Å². The molecule has 0 saturated heterocycles. The Morgan fingerprint density at radius 1 is 0.864 bits per heavy atom. The zero-order chi connectivity index (χ0) is 31.8. The number of nitrogens with zero attached hydrogens (tertiary/aromatic N) is 4. The number of carbonyl (C=O) groups is 2. The maximum atomic E-state index is 12.2. The number of esters is 1. The van der Waals surface area contributed by atoms with Crippen LogP contribution in [0.5, 0.6) is 28.9 Å². The van der Waals surface area contributed by atoms with Gasteiger partial charge in [0.15, 0.2) is 0 Å². The lowest BCUT2D eigenvalue weighted by atomic mass is 10.1. The summed E-state index contributed by atoms with van der Waals surface area (Å²) >= 11 is 0. The Morgan fingerprint density at radius 3 is 2.11 bits per heavy atom. The van der Waals surface area contributed by atoms with Gasteiger partial charge in [-0.15, -0.1) is 0 Å². The number of fused-ring (bicyclic) bond motifs is 1. The number of ether oxygens (including phenoxy) is 1. The van der Waals surface area contributed by atoms with Gasteiger partial charge in [-0.1, -0.05) is 13.8 Å². The lowest BCUT2D eigenvalue weighted by molar-refractivity contribution is -0.136. The zero-order valence-electron chi connectivity index (χ0n) is 24.5. The van der Waals surface area contributed by atoms with Crippen LogP contribution in [0.4, 0.5) is 11.4 Å². The van der Waals surface area contributed by atoms with Crippen molar-refractivity contribution in [2.75, 3.05) is 6.54 Å². The summed E-state index contributed by atoms with van der Waals surface area (Å²) < 4.78 is 5.34. The molecule has 44 heavy (non-hydrogen) atoms. The minimum Gasteiger partial charge on any atom is -0.508 e. The Hall–Kier alpha value is -5.52. The Balaban J connectivity index is 1.69. The monoisotopic (exact) mass is 599 g/mol. The predicted octanol–water partition coefficient (Wildman–Crippen LogP) is 4.97. The number of phenolic OH excluding ortho intramolecular Hbond substituents is 3. The fourth-order valence-corrected chi connectivity index (χ4v) is 4.14. The van der Waals surface area contributed by atoms with Gasteiger partial charge in [-0.3, -0.25) is 19.6 Å². The van der Waals surface area contributed by atoms with Crippen molar-refractivity contribution in [2.45, 2.75) is 40.0 Å². The number of carbonyl (C=O) groups excluding carboxylic acids is 2. The molecule has 0 aliphatic rings. The van der Waals surface area contributed by atoms with Crippen molar-refractivity contribution in [3.63, 3.8) is 0 Å². The molecule has 3 aromatic carbocycles. The molecule has 0 unspecified atom stereocenters. The van der Waals surface area contributed by atoms with Crippen LogP contribution in [0.1, 0.15) is 50.4 Å². The molecule has 4 aromatic rings. The van der Waals surface area contributed by atoms with Crippen LogP contribution in [-0.4, -0.2) is 61.2 Å². The van der Waals surface area contributed by atoms with Gasteiger partial charge in [0.05, 0.1) is 28.8 Å². The average molecular weight is 600 g/mol. The van der Waals surface area contributed by atoms with E-state index in [-0.39, 0.29) is 70.4 Å². The van der Waals surface area contributed by atoms with Gasteiger partial charge in [0.1, 0.15) is 28.7 Å². The van der Waals surface area contributed by atoms with Crippen LogP contribution in [0.15, 0.2) is 58.5 Å². The molecule has 12 nitrogen and oxygen atoms in total. The van der Waals surface area contributed by atoms with Gasteiger partial charge in [-0.25, -0.2) is 9.97 Å². The molecule has 0 bridgehead atoms. The number of aromatic hydroxyl groups is 4. The first-order chi connectivity index (χ1) is 21.0. The number of rotatable bonds is 11. The molecule has 0 saturated carbocycles. The molecule has 12 heteroatoms. The van der Waals surface area contributed by atoms with Gasteiger partial charge in [-0.2, -0.15) is 0 Å². The van der Waals surface area contributed by atoms with Gasteiger partial charge in [-0.05, 0) is 67.8 Å². The Bertz CT molecular complexity index is 1750. The molecule has 0 spiro atoms. The van der Waals surface area contributed by atoms with Crippen LogP contribution in [0.2, 0.25) is 0 Å². The number of aromatic nitrogens is 2. The van der Waals surface area contributed by atoms with Crippen LogP contribution in [0.25, 0.3) is 11.0 Å². The zero-order valence-corrected chi connectivity index (χ0v) is 24.5. The van der Waals surface area contributed by atoms with E-state index in [1.807, 2.05) is 13.8 Å². The largest absolute Gasteiger partial charge is 0.508 e. The Labute approximate surface area is 253 Å². The highest BCUT2D eigenvalue weighted by molar-refractivity contribution is 5.94. The molecule has 228 valence electrons. The first-order valence-electron chi connectivity index (χ1n) is 14.0. The third-order valence-electron chi connectivity index (χ3n) is 6.27. The van der Waals surface area contributed by atoms with E-state index in [1.165, 1.54) is 48.8 Å². The Morgan fingerprint density at radius 2 is 1.48 bits per heavy atom. The number of hydrogen-bond acceptors (Lipinski definition) is 11. The molecule has 1 heterocycles. The fourth-order valence-electron chi connectivity index (χ4n) is 4.14. The highest BCUT2D eigenvalue weighted by Crippen LogP contribution is 2.34. The van der Waals surface area contributed by atoms with Gasteiger partial charge in [0.2, 0.25) is 11.8 Å². The van der Waals surface area contributed by atoms with E-state index >= 15 is 0 Å². The summed E-state index contributed by atoms with van der Waals surface area (Å²) in [6, 6.07) is 11.4. The number of benzene rings is 3. The smallest absolute Gasteiger partial charge is 0.311 e. The normalized spacial score (nSPS) is 11.5. The highest BCUT2D eigenvalue weighted by atomic mass is 16.5. The summed E-state index contributed by atoms with van der Waals surface area (Å²) in [4.78, 5) is 41.7. The highest BCUT2D eigenvalue weighted by Gasteiger charge is 2.14. The first-order valence-corrected chi connectivity index (χ1v) is 14.0. The fraction of sp³-hybridized carbons (Fsp3) is 0.250. The molecular formula is C32H33N5O7.